The molecule has 0 spiro atoms. The summed E-state index contributed by atoms with van der Waals surface area (Å²) >= 11 is 0. The SMILES string of the molecule is Cc1cc(C)cc(C(=O)NCC(=O)N[C@@H](C)c2cccc(C(F)(F)F)c2)c1. The largest absolute Gasteiger partial charge is 0.416 e. The Morgan fingerprint density at radius 1 is 1.04 bits per heavy atom. The van der Waals surface area contributed by atoms with Crippen molar-refractivity contribution in [1.29, 1.82) is 0 Å². The van der Waals surface area contributed by atoms with Gasteiger partial charge in [0.25, 0.3) is 5.91 Å². The minimum absolute atomic E-state index is 0.269. The van der Waals surface area contributed by atoms with Gasteiger partial charge in [0.15, 0.2) is 0 Å². The highest BCUT2D eigenvalue weighted by Gasteiger charge is 2.30. The first-order chi connectivity index (χ1) is 12.6. The summed E-state index contributed by atoms with van der Waals surface area (Å²) in [5.74, 6) is -0.874. The maximum atomic E-state index is 12.8. The molecule has 0 unspecified atom stereocenters. The normalized spacial score (nSPS) is 12.4. The molecule has 0 heterocycles. The number of hydrogen-bond donors (Lipinski definition) is 2. The smallest absolute Gasteiger partial charge is 0.348 e. The Labute approximate surface area is 155 Å². The molecule has 0 bridgehead atoms. The lowest BCUT2D eigenvalue weighted by Crippen LogP contribution is -2.38. The van der Waals surface area contributed by atoms with E-state index in [1.807, 2.05) is 19.9 Å². The predicted octanol–water partition coefficient (Wildman–Crippen LogP) is 3.93. The molecule has 1 atom stereocenters. The van der Waals surface area contributed by atoms with Crippen LogP contribution in [0, 0.1) is 13.8 Å². The molecule has 7 heteroatoms. The predicted molar refractivity (Wildman–Crippen MR) is 96.3 cm³/mol. The fourth-order valence-corrected chi connectivity index (χ4v) is 2.73. The van der Waals surface area contributed by atoms with Gasteiger partial charge in [-0.3, -0.25) is 9.59 Å². The highest BCUT2D eigenvalue weighted by atomic mass is 19.4. The Balaban J connectivity index is 1.94. The zero-order chi connectivity index (χ0) is 20.2. The molecule has 27 heavy (non-hydrogen) atoms. The van der Waals surface area contributed by atoms with Crippen LogP contribution >= 0.6 is 0 Å². The maximum Gasteiger partial charge on any atom is 0.416 e. The fourth-order valence-electron chi connectivity index (χ4n) is 2.73. The van der Waals surface area contributed by atoms with Crippen LogP contribution in [-0.4, -0.2) is 18.4 Å². The molecule has 0 fully saturated rings. The van der Waals surface area contributed by atoms with Crippen LogP contribution in [0.2, 0.25) is 0 Å². The molecule has 0 aliphatic carbocycles. The van der Waals surface area contributed by atoms with Gasteiger partial charge in [0.1, 0.15) is 0 Å². The second-order valence-corrected chi connectivity index (χ2v) is 6.47. The second-order valence-electron chi connectivity index (χ2n) is 6.47. The molecule has 2 rings (SSSR count). The molecule has 0 aliphatic heterocycles. The van der Waals surface area contributed by atoms with Crippen molar-refractivity contribution >= 4 is 11.8 Å². The molecule has 0 radical (unpaired) electrons. The van der Waals surface area contributed by atoms with E-state index < -0.39 is 23.7 Å². The first-order valence-corrected chi connectivity index (χ1v) is 8.39. The van der Waals surface area contributed by atoms with Gasteiger partial charge in [-0.2, -0.15) is 13.2 Å². The van der Waals surface area contributed by atoms with Gasteiger partial charge in [0.2, 0.25) is 5.91 Å². The van der Waals surface area contributed by atoms with Crippen LogP contribution in [0.1, 0.15) is 45.6 Å². The average Bonchev–Trinajstić information content (AvgIpc) is 2.58. The van der Waals surface area contributed by atoms with Crippen molar-refractivity contribution < 1.29 is 22.8 Å². The van der Waals surface area contributed by atoms with E-state index in [2.05, 4.69) is 10.6 Å². The molecule has 2 aromatic carbocycles. The van der Waals surface area contributed by atoms with Gasteiger partial charge in [-0.05, 0) is 50.6 Å². The monoisotopic (exact) mass is 378 g/mol. The van der Waals surface area contributed by atoms with Gasteiger partial charge in [0.05, 0.1) is 18.2 Å². The number of nitrogens with one attached hydrogen (secondary N) is 2. The van der Waals surface area contributed by atoms with E-state index in [0.717, 1.165) is 23.3 Å². The van der Waals surface area contributed by atoms with Crippen molar-refractivity contribution in [3.63, 3.8) is 0 Å². The van der Waals surface area contributed by atoms with E-state index in [-0.39, 0.29) is 12.5 Å². The molecule has 144 valence electrons. The van der Waals surface area contributed by atoms with Gasteiger partial charge in [0, 0.05) is 5.56 Å². The minimum atomic E-state index is -4.44. The van der Waals surface area contributed by atoms with Crippen molar-refractivity contribution in [2.24, 2.45) is 0 Å². The number of aryl methyl sites for hydroxylation is 2. The second kappa shape index (κ2) is 8.24. The van der Waals surface area contributed by atoms with Crippen LogP contribution in [0.4, 0.5) is 13.2 Å². The zero-order valence-corrected chi connectivity index (χ0v) is 15.3. The molecule has 0 saturated heterocycles. The summed E-state index contributed by atoms with van der Waals surface area (Å²) < 4.78 is 38.4. The van der Waals surface area contributed by atoms with Gasteiger partial charge in [-0.1, -0.05) is 29.3 Å². The van der Waals surface area contributed by atoms with Crippen LogP contribution in [0.5, 0.6) is 0 Å². The lowest BCUT2D eigenvalue weighted by molar-refractivity contribution is -0.137. The fraction of sp³-hybridized carbons (Fsp3) is 0.300. The molecule has 0 aromatic heterocycles. The van der Waals surface area contributed by atoms with E-state index in [1.165, 1.54) is 12.1 Å². The Bertz CT molecular complexity index is 827. The quantitative estimate of drug-likeness (QED) is 0.828. The number of hydrogen-bond acceptors (Lipinski definition) is 2. The van der Waals surface area contributed by atoms with E-state index in [0.29, 0.717) is 11.1 Å². The number of rotatable bonds is 5. The molecule has 0 aliphatic rings. The van der Waals surface area contributed by atoms with Crippen LogP contribution in [0.25, 0.3) is 0 Å². The van der Waals surface area contributed by atoms with Gasteiger partial charge < -0.3 is 10.6 Å². The third-order valence-corrected chi connectivity index (χ3v) is 3.98. The summed E-state index contributed by atoms with van der Waals surface area (Å²) in [5, 5.41) is 5.10. The summed E-state index contributed by atoms with van der Waals surface area (Å²) in [6, 6.07) is 9.51. The highest BCUT2D eigenvalue weighted by Crippen LogP contribution is 2.30. The molecular weight excluding hydrogens is 357 g/mol. The minimum Gasteiger partial charge on any atom is -0.348 e. The molecule has 0 saturated carbocycles. The lowest BCUT2D eigenvalue weighted by atomic mass is 10.0. The Morgan fingerprint density at radius 2 is 1.67 bits per heavy atom. The highest BCUT2D eigenvalue weighted by molar-refractivity contribution is 5.96. The summed E-state index contributed by atoms with van der Waals surface area (Å²) in [6.45, 7) is 5.05. The average molecular weight is 378 g/mol. The number of benzene rings is 2. The molecule has 2 amide bonds. The number of carbonyl (C=O) groups excluding carboxylic acids is 2. The summed E-state index contributed by atoms with van der Waals surface area (Å²) in [7, 11) is 0. The van der Waals surface area contributed by atoms with Crippen LogP contribution in [0.15, 0.2) is 42.5 Å². The van der Waals surface area contributed by atoms with E-state index in [9.17, 15) is 22.8 Å². The molecule has 2 aromatic rings. The summed E-state index contributed by atoms with van der Waals surface area (Å²) in [4.78, 5) is 24.2. The Hall–Kier alpha value is -2.83. The van der Waals surface area contributed by atoms with E-state index in [1.54, 1.807) is 19.1 Å². The molecular formula is C20H21F3N2O2. The third kappa shape index (κ3) is 5.84. The van der Waals surface area contributed by atoms with Crippen molar-refractivity contribution in [3.8, 4) is 0 Å². The number of carbonyl (C=O) groups is 2. The molecule has 4 nitrogen and oxygen atoms in total. The third-order valence-electron chi connectivity index (χ3n) is 3.98. The van der Waals surface area contributed by atoms with E-state index in [4.69, 9.17) is 0 Å². The Morgan fingerprint density at radius 3 is 2.26 bits per heavy atom. The zero-order valence-electron chi connectivity index (χ0n) is 15.3. The van der Waals surface area contributed by atoms with Gasteiger partial charge in [-0.25, -0.2) is 0 Å². The summed E-state index contributed by atoms with van der Waals surface area (Å²) in [5.41, 5.74) is 1.87. The Kier molecular flexibility index (Phi) is 6.25. The standard InChI is InChI=1S/C20H21F3N2O2/c1-12-7-13(2)9-16(8-12)19(27)24-11-18(26)25-14(3)15-5-4-6-17(10-15)20(21,22)23/h4-10,14H,11H2,1-3H3,(H,24,27)(H,25,26)/t14-/m0/s1. The first kappa shape index (κ1) is 20.5. The number of amides is 2. The number of alkyl halides is 3. The summed E-state index contributed by atoms with van der Waals surface area (Å²) in [6.07, 6.45) is -4.44. The van der Waals surface area contributed by atoms with Crippen LogP contribution < -0.4 is 10.6 Å². The van der Waals surface area contributed by atoms with Crippen molar-refractivity contribution in [1.82, 2.24) is 10.6 Å². The molecule has 2 N–H and O–H groups in total. The maximum absolute atomic E-state index is 12.8. The van der Waals surface area contributed by atoms with Gasteiger partial charge in [-0.15, -0.1) is 0 Å². The topological polar surface area (TPSA) is 58.2 Å². The van der Waals surface area contributed by atoms with Crippen LogP contribution in [-0.2, 0) is 11.0 Å². The first-order valence-electron chi connectivity index (χ1n) is 8.39. The van der Waals surface area contributed by atoms with Crippen LogP contribution in [0.3, 0.4) is 0 Å². The van der Waals surface area contributed by atoms with Gasteiger partial charge >= 0.3 is 6.18 Å². The lowest BCUT2D eigenvalue weighted by Gasteiger charge is -2.16. The van der Waals surface area contributed by atoms with Crippen molar-refractivity contribution in [3.05, 3.63) is 70.3 Å². The van der Waals surface area contributed by atoms with Crippen molar-refractivity contribution in [2.75, 3.05) is 6.54 Å². The van der Waals surface area contributed by atoms with E-state index >= 15 is 0 Å². The van der Waals surface area contributed by atoms with Crippen molar-refractivity contribution in [2.45, 2.75) is 33.0 Å². The number of halogens is 3.